The van der Waals surface area contributed by atoms with Crippen LogP contribution in [0.1, 0.15) is 27.7 Å². The van der Waals surface area contributed by atoms with E-state index in [4.69, 9.17) is 9.84 Å². The Kier molecular flexibility index (Phi) is 5.03. The molecule has 14 heavy (non-hydrogen) atoms. The van der Waals surface area contributed by atoms with Gasteiger partial charge < -0.3 is 15.2 Å². The second-order valence-electron chi connectivity index (χ2n) is 3.78. The van der Waals surface area contributed by atoms with Gasteiger partial charge in [-0.3, -0.25) is 0 Å². The lowest BCUT2D eigenvalue weighted by Gasteiger charge is -2.20. The first-order chi connectivity index (χ1) is 6.39. The maximum atomic E-state index is 11.2. The number of aliphatic hydroxyl groups is 1. The quantitative estimate of drug-likeness (QED) is 0.649. The Balaban J connectivity index is 4.08. The Morgan fingerprint density at radius 2 is 2.14 bits per heavy atom. The summed E-state index contributed by atoms with van der Waals surface area (Å²) in [6.45, 7) is 6.73. The molecule has 0 fully saturated rings. The van der Waals surface area contributed by atoms with E-state index >= 15 is 0 Å². The minimum absolute atomic E-state index is 0.222. The highest BCUT2D eigenvalue weighted by Gasteiger charge is 2.17. The van der Waals surface area contributed by atoms with Crippen molar-refractivity contribution in [3.05, 3.63) is 0 Å². The van der Waals surface area contributed by atoms with Crippen LogP contribution in [-0.4, -0.2) is 29.4 Å². The largest absolute Gasteiger partial charge is 0.444 e. The van der Waals surface area contributed by atoms with E-state index in [0.717, 1.165) is 0 Å². The van der Waals surface area contributed by atoms with E-state index in [1.807, 2.05) is 0 Å². The minimum Gasteiger partial charge on any atom is -0.444 e. The number of aliphatic hydroxyl groups excluding tert-OH is 1. The van der Waals surface area contributed by atoms with Gasteiger partial charge in [-0.15, -0.1) is 5.92 Å². The summed E-state index contributed by atoms with van der Waals surface area (Å²) in [7, 11) is 0. The van der Waals surface area contributed by atoms with Crippen LogP contribution in [0.4, 0.5) is 4.79 Å². The number of nitrogens with one attached hydrogen (secondary N) is 1. The van der Waals surface area contributed by atoms with Gasteiger partial charge in [-0.1, -0.05) is 5.92 Å². The van der Waals surface area contributed by atoms with Crippen LogP contribution in [0.3, 0.4) is 0 Å². The van der Waals surface area contributed by atoms with Crippen molar-refractivity contribution in [2.45, 2.75) is 39.3 Å². The summed E-state index contributed by atoms with van der Waals surface area (Å²) in [5.41, 5.74) is -0.538. The predicted molar refractivity (Wildman–Crippen MR) is 53.7 cm³/mol. The van der Waals surface area contributed by atoms with Gasteiger partial charge in [0.25, 0.3) is 0 Å². The number of hydrogen-bond donors (Lipinski definition) is 2. The lowest BCUT2D eigenvalue weighted by Crippen LogP contribution is -2.40. The fourth-order valence-electron chi connectivity index (χ4n) is 0.751. The molecule has 0 rings (SSSR count). The van der Waals surface area contributed by atoms with Crippen molar-refractivity contribution in [3.8, 4) is 11.8 Å². The third-order valence-electron chi connectivity index (χ3n) is 1.19. The molecule has 0 aromatic rings. The normalized spacial score (nSPS) is 12.4. The van der Waals surface area contributed by atoms with Crippen LogP contribution >= 0.6 is 0 Å². The summed E-state index contributed by atoms with van der Waals surface area (Å²) in [6, 6.07) is -0.560. The average molecular weight is 199 g/mol. The number of hydrogen-bond acceptors (Lipinski definition) is 3. The van der Waals surface area contributed by atoms with E-state index in [-0.39, 0.29) is 6.61 Å². The molecule has 1 unspecified atom stereocenters. The van der Waals surface area contributed by atoms with E-state index in [1.54, 1.807) is 27.7 Å². The van der Waals surface area contributed by atoms with E-state index in [2.05, 4.69) is 17.2 Å². The van der Waals surface area contributed by atoms with Crippen molar-refractivity contribution >= 4 is 6.09 Å². The first-order valence-corrected chi connectivity index (χ1v) is 4.41. The molecular formula is C10H17NO3. The molecule has 0 aliphatic heterocycles. The maximum Gasteiger partial charge on any atom is 0.408 e. The molecule has 0 radical (unpaired) electrons. The first kappa shape index (κ1) is 12.8. The lowest BCUT2D eigenvalue weighted by atomic mass is 10.2. The molecule has 0 saturated carbocycles. The van der Waals surface area contributed by atoms with Gasteiger partial charge in [-0.25, -0.2) is 4.79 Å². The van der Waals surface area contributed by atoms with Crippen LogP contribution in [-0.2, 0) is 4.74 Å². The lowest BCUT2D eigenvalue weighted by molar-refractivity contribution is 0.0501. The Morgan fingerprint density at radius 3 is 2.50 bits per heavy atom. The molecule has 0 aliphatic carbocycles. The third kappa shape index (κ3) is 6.32. The van der Waals surface area contributed by atoms with E-state index < -0.39 is 17.7 Å². The number of ether oxygens (including phenoxy) is 1. The number of carbonyl (C=O) groups excluding carboxylic acids is 1. The predicted octanol–water partition coefficient (Wildman–Crippen LogP) is 0.895. The van der Waals surface area contributed by atoms with Crippen LogP contribution in [0.5, 0.6) is 0 Å². The summed E-state index contributed by atoms with van der Waals surface area (Å²) >= 11 is 0. The Hall–Kier alpha value is -1.21. The van der Waals surface area contributed by atoms with Gasteiger partial charge in [0.05, 0.1) is 6.61 Å². The van der Waals surface area contributed by atoms with E-state index in [9.17, 15) is 4.79 Å². The number of rotatable bonds is 2. The molecule has 0 spiro atoms. The molecule has 80 valence electrons. The highest BCUT2D eigenvalue weighted by molar-refractivity contribution is 5.68. The topological polar surface area (TPSA) is 58.6 Å². The Morgan fingerprint density at radius 1 is 1.57 bits per heavy atom. The van der Waals surface area contributed by atoms with Gasteiger partial charge in [-0.05, 0) is 27.7 Å². The molecule has 2 N–H and O–H groups in total. The number of alkyl carbamates (subject to hydrolysis) is 1. The van der Waals surface area contributed by atoms with Crippen molar-refractivity contribution in [2.75, 3.05) is 6.61 Å². The Bertz CT molecular complexity index is 244. The highest BCUT2D eigenvalue weighted by Crippen LogP contribution is 2.06. The van der Waals surface area contributed by atoms with Crippen LogP contribution in [0.15, 0.2) is 0 Å². The molecule has 0 aromatic heterocycles. The van der Waals surface area contributed by atoms with Crippen molar-refractivity contribution in [2.24, 2.45) is 0 Å². The smallest absolute Gasteiger partial charge is 0.408 e. The fraction of sp³-hybridized carbons (Fsp3) is 0.700. The standard InChI is InChI=1S/C10H17NO3/c1-5-6-8(7-12)11-9(13)14-10(2,3)4/h8,12H,7H2,1-4H3,(H,11,13). The van der Waals surface area contributed by atoms with Gasteiger partial charge in [0, 0.05) is 0 Å². The maximum absolute atomic E-state index is 11.2. The van der Waals surface area contributed by atoms with Gasteiger partial charge in [0.1, 0.15) is 11.6 Å². The summed E-state index contributed by atoms with van der Waals surface area (Å²) in [6.07, 6.45) is -0.570. The van der Waals surface area contributed by atoms with Crippen LogP contribution < -0.4 is 5.32 Å². The molecule has 1 amide bonds. The van der Waals surface area contributed by atoms with Crippen molar-refractivity contribution in [1.29, 1.82) is 0 Å². The zero-order valence-corrected chi connectivity index (χ0v) is 9.05. The monoisotopic (exact) mass is 199 g/mol. The van der Waals surface area contributed by atoms with Crippen LogP contribution in [0.25, 0.3) is 0 Å². The van der Waals surface area contributed by atoms with Gasteiger partial charge in [-0.2, -0.15) is 0 Å². The third-order valence-corrected chi connectivity index (χ3v) is 1.19. The zero-order valence-electron chi connectivity index (χ0n) is 9.05. The molecule has 0 heterocycles. The molecule has 0 aromatic carbocycles. The molecule has 4 nitrogen and oxygen atoms in total. The SMILES string of the molecule is CC#CC(CO)NC(=O)OC(C)(C)C. The molecule has 0 saturated heterocycles. The summed E-state index contributed by atoms with van der Waals surface area (Å²) in [5.74, 6) is 5.24. The van der Waals surface area contributed by atoms with E-state index in [1.165, 1.54) is 0 Å². The van der Waals surface area contributed by atoms with Gasteiger partial charge in [0.15, 0.2) is 0 Å². The molecular weight excluding hydrogens is 182 g/mol. The fourth-order valence-corrected chi connectivity index (χ4v) is 0.751. The minimum atomic E-state index is -0.570. The Labute approximate surface area is 84.6 Å². The zero-order chi connectivity index (χ0) is 11.2. The summed E-state index contributed by atoms with van der Waals surface area (Å²) in [4.78, 5) is 11.2. The second kappa shape index (κ2) is 5.51. The van der Waals surface area contributed by atoms with Crippen molar-refractivity contribution < 1.29 is 14.6 Å². The van der Waals surface area contributed by atoms with Gasteiger partial charge >= 0.3 is 6.09 Å². The number of amides is 1. The summed E-state index contributed by atoms with van der Waals surface area (Å²) < 4.78 is 4.99. The second-order valence-corrected chi connectivity index (χ2v) is 3.78. The number of carbonyl (C=O) groups is 1. The summed E-state index contributed by atoms with van der Waals surface area (Å²) in [5, 5.41) is 11.3. The van der Waals surface area contributed by atoms with Crippen LogP contribution in [0.2, 0.25) is 0 Å². The highest BCUT2D eigenvalue weighted by atomic mass is 16.6. The van der Waals surface area contributed by atoms with Gasteiger partial charge in [0.2, 0.25) is 0 Å². The average Bonchev–Trinajstić information content (AvgIpc) is 2.00. The molecule has 4 heteroatoms. The molecule has 0 bridgehead atoms. The molecule has 0 aliphatic rings. The van der Waals surface area contributed by atoms with E-state index in [0.29, 0.717) is 0 Å². The molecule has 1 atom stereocenters. The van der Waals surface area contributed by atoms with Crippen molar-refractivity contribution in [3.63, 3.8) is 0 Å². The van der Waals surface area contributed by atoms with Crippen molar-refractivity contribution in [1.82, 2.24) is 5.32 Å². The first-order valence-electron chi connectivity index (χ1n) is 4.41. The van der Waals surface area contributed by atoms with Crippen LogP contribution in [0, 0.1) is 11.8 Å².